The van der Waals surface area contributed by atoms with Crippen molar-refractivity contribution in [1.82, 2.24) is 19.7 Å². The third kappa shape index (κ3) is 3.16. The van der Waals surface area contributed by atoms with E-state index in [2.05, 4.69) is 11.6 Å². The van der Waals surface area contributed by atoms with Crippen LogP contribution in [0.2, 0.25) is 5.02 Å². The molecule has 0 N–H and O–H groups in total. The molecule has 3 heterocycles. The topological polar surface area (TPSA) is 60.2 Å². The van der Waals surface area contributed by atoms with Crippen molar-refractivity contribution in [2.24, 2.45) is 0 Å². The highest BCUT2D eigenvalue weighted by Gasteiger charge is 2.27. The average molecular weight is 395 g/mol. The van der Waals surface area contributed by atoms with Gasteiger partial charge in [0.05, 0.1) is 30.9 Å². The van der Waals surface area contributed by atoms with Gasteiger partial charge in [-0.25, -0.2) is 0 Å². The molecular formula is C21H19ClN4O2. The number of ether oxygens (including phenoxy) is 1. The first-order valence-electron chi connectivity index (χ1n) is 8.87. The van der Waals surface area contributed by atoms with Gasteiger partial charge < -0.3 is 9.64 Å². The number of pyridine rings is 1. The lowest BCUT2D eigenvalue weighted by atomic mass is 9.99. The summed E-state index contributed by atoms with van der Waals surface area (Å²) in [6.45, 7) is 5.29. The Bertz CT molecular complexity index is 1050. The molecule has 1 amide bonds. The van der Waals surface area contributed by atoms with E-state index in [1.54, 1.807) is 24.4 Å². The predicted octanol–water partition coefficient (Wildman–Crippen LogP) is 3.80. The Morgan fingerprint density at radius 2 is 2.00 bits per heavy atom. The molecular weight excluding hydrogens is 376 g/mol. The molecule has 7 heteroatoms. The molecule has 0 unspecified atom stereocenters. The number of amides is 1. The quantitative estimate of drug-likeness (QED) is 0.631. The van der Waals surface area contributed by atoms with Crippen LogP contribution in [0.1, 0.15) is 5.69 Å². The maximum Gasteiger partial charge on any atom is 0.246 e. The van der Waals surface area contributed by atoms with E-state index >= 15 is 0 Å². The van der Waals surface area contributed by atoms with Crippen LogP contribution in [0.15, 0.2) is 55.4 Å². The number of fused-ring (bicyclic) bond motifs is 1. The zero-order valence-corrected chi connectivity index (χ0v) is 16.2. The molecule has 6 nitrogen and oxygen atoms in total. The summed E-state index contributed by atoms with van der Waals surface area (Å²) < 4.78 is 7.23. The standard InChI is InChI=1S/C21H19ClN4O2/c1-3-19(27)25-10-11-26-17(13-25)20(14-6-8-23-9-7-14)21(24-26)15-4-5-18(28-2)16(22)12-15/h3-9,12H,1,10-11,13H2,2H3. The number of rotatable bonds is 4. The van der Waals surface area contributed by atoms with Crippen molar-refractivity contribution in [3.8, 4) is 28.1 Å². The Labute approximate surface area is 168 Å². The molecule has 0 radical (unpaired) electrons. The summed E-state index contributed by atoms with van der Waals surface area (Å²) in [5.74, 6) is 0.532. The molecule has 0 bridgehead atoms. The first-order valence-corrected chi connectivity index (χ1v) is 9.25. The molecule has 0 saturated heterocycles. The fourth-order valence-corrected chi connectivity index (χ4v) is 3.73. The highest BCUT2D eigenvalue weighted by Crippen LogP contribution is 2.38. The van der Waals surface area contributed by atoms with E-state index in [1.807, 2.05) is 35.0 Å². The number of methoxy groups -OCH3 is 1. The van der Waals surface area contributed by atoms with Gasteiger partial charge >= 0.3 is 0 Å². The van der Waals surface area contributed by atoms with Crippen LogP contribution in [0.25, 0.3) is 22.4 Å². The molecule has 3 aromatic rings. The van der Waals surface area contributed by atoms with Crippen LogP contribution in [0.5, 0.6) is 5.75 Å². The average Bonchev–Trinajstić information content (AvgIpc) is 3.12. The minimum Gasteiger partial charge on any atom is -0.495 e. The molecule has 1 aliphatic heterocycles. The minimum atomic E-state index is -0.0813. The van der Waals surface area contributed by atoms with E-state index in [1.165, 1.54) is 6.08 Å². The van der Waals surface area contributed by atoms with E-state index in [0.717, 1.165) is 28.1 Å². The summed E-state index contributed by atoms with van der Waals surface area (Å²) >= 11 is 6.35. The highest BCUT2D eigenvalue weighted by molar-refractivity contribution is 6.32. The number of nitrogens with zero attached hydrogens (tertiary/aromatic N) is 4. The zero-order chi connectivity index (χ0) is 19.7. The summed E-state index contributed by atoms with van der Waals surface area (Å²) in [7, 11) is 1.59. The lowest BCUT2D eigenvalue weighted by Crippen LogP contribution is -2.37. The predicted molar refractivity (Wildman–Crippen MR) is 108 cm³/mol. The van der Waals surface area contributed by atoms with Gasteiger partial charge in [0.2, 0.25) is 5.91 Å². The monoisotopic (exact) mass is 394 g/mol. The van der Waals surface area contributed by atoms with Gasteiger partial charge in [0, 0.05) is 30.1 Å². The molecule has 1 aliphatic rings. The van der Waals surface area contributed by atoms with Crippen LogP contribution in [0, 0.1) is 0 Å². The van der Waals surface area contributed by atoms with Gasteiger partial charge in [-0.15, -0.1) is 0 Å². The first kappa shape index (κ1) is 18.3. The highest BCUT2D eigenvalue weighted by atomic mass is 35.5. The summed E-state index contributed by atoms with van der Waals surface area (Å²) in [4.78, 5) is 18.1. The fourth-order valence-electron chi connectivity index (χ4n) is 3.47. The largest absolute Gasteiger partial charge is 0.495 e. The second-order valence-electron chi connectivity index (χ2n) is 6.44. The van der Waals surface area contributed by atoms with Crippen LogP contribution in [-0.2, 0) is 17.9 Å². The molecule has 28 heavy (non-hydrogen) atoms. The Kier molecular flexibility index (Phi) is 4.88. The molecule has 142 valence electrons. The lowest BCUT2D eigenvalue weighted by Gasteiger charge is -2.27. The number of carbonyl (C=O) groups is 1. The van der Waals surface area contributed by atoms with E-state index in [0.29, 0.717) is 30.4 Å². The van der Waals surface area contributed by atoms with Gasteiger partial charge in [0.15, 0.2) is 0 Å². The number of carbonyl (C=O) groups excluding carboxylic acids is 1. The summed E-state index contributed by atoms with van der Waals surface area (Å²) in [6.07, 6.45) is 4.85. The SMILES string of the molecule is C=CC(=O)N1CCn2nc(-c3ccc(OC)c(Cl)c3)c(-c3ccncc3)c2C1. The van der Waals surface area contributed by atoms with E-state index < -0.39 is 0 Å². The molecule has 0 saturated carbocycles. The van der Waals surface area contributed by atoms with Crippen molar-refractivity contribution in [3.63, 3.8) is 0 Å². The number of hydrogen-bond acceptors (Lipinski definition) is 4. The molecule has 0 fully saturated rings. The third-order valence-electron chi connectivity index (χ3n) is 4.86. The smallest absolute Gasteiger partial charge is 0.246 e. The van der Waals surface area contributed by atoms with Crippen LogP contribution in [0.3, 0.4) is 0 Å². The van der Waals surface area contributed by atoms with Crippen molar-refractivity contribution in [3.05, 3.63) is 66.1 Å². The van der Waals surface area contributed by atoms with Crippen molar-refractivity contribution >= 4 is 17.5 Å². The maximum absolute atomic E-state index is 12.2. The maximum atomic E-state index is 12.2. The van der Waals surface area contributed by atoms with Gasteiger partial charge in [-0.05, 0) is 42.0 Å². The van der Waals surface area contributed by atoms with Crippen molar-refractivity contribution in [2.45, 2.75) is 13.1 Å². The summed E-state index contributed by atoms with van der Waals surface area (Å²) in [5.41, 5.74) is 4.66. The van der Waals surface area contributed by atoms with Crippen molar-refractivity contribution in [1.29, 1.82) is 0 Å². The van der Waals surface area contributed by atoms with Crippen LogP contribution in [0.4, 0.5) is 0 Å². The molecule has 4 rings (SSSR count). The minimum absolute atomic E-state index is 0.0813. The van der Waals surface area contributed by atoms with E-state index in [4.69, 9.17) is 21.4 Å². The van der Waals surface area contributed by atoms with Gasteiger partial charge in [0.1, 0.15) is 11.4 Å². The number of halogens is 1. The first-order chi connectivity index (χ1) is 13.6. The fraction of sp³-hybridized carbons (Fsp3) is 0.190. The van der Waals surface area contributed by atoms with Gasteiger partial charge in [-0.2, -0.15) is 5.10 Å². The van der Waals surface area contributed by atoms with Crippen molar-refractivity contribution in [2.75, 3.05) is 13.7 Å². The van der Waals surface area contributed by atoms with Gasteiger partial charge in [0.25, 0.3) is 0 Å². The normalized spacial score (nSPS) is 13.1. The molecule has 0 atom stereocenters. The van der Waals surface area contributed by atoms with Crippen LogP contribution in [-0.4, -0.2) is 39.2 Å². The second-order valence-corrected chi connectivity index (χ2v) is 6.85. The molecule has 1 aromatic carbocycles. The molecule has 0 spiro atoms. The number of aromatic nitrogens is 3. The third-order valence-corrected chi connectivity index (χ3v) is 5.16. The summed E-state index contributed by atoms with van der Waals surface area (Å²) in [6, 6.07) is 9.52. The number of benzene rings is 1. The molecule has 0 aliphatic carbocycles. The second kappa shape index (κ2) is 7.48. The van der Waals surface area contributed by atoms with Gasteiger partial charge in [-0.3, -0.25) is 14.5 Å². The summed E-state index contributed by atoms with van der Waals surface area (Å²) in [5, 5.41) is 5.37. The Balaban J connectivity index is 1.88. The van der Waals surface area contributed by atoms with E-state index in [-0.39, 0.29) is 5.91 Å². The number of hydrogen-bond donors (Lipinski definition) is 0. The zero-order valence-electron chi connectivity index (χ0n) is 15.4. The Morgan fingerprint density at radius 3 is 2.68 bits per heavy atom. The Hall–Kier alpha value is -3.12. The van der Waals surface area contributed by atoms with Crippen molar-refractivity contribution < 1.29 is 9.53 Å². The van der Waals surface area contributed by atoms with Crippen LogP contribution >= 0.6 is 11.6 Å². The van der Waals surface area contributed by atoms with Gasteiger partial charge in [-0.1, -0.05) is 18.2 Å². The van der Waals surface area contributed by atoms with Crippen LogP contribution < -0.4 is 4.74 Å². The van der Waals surface area contributed by atoms with E-state index in [9.17, 15) is 4.79 Å². The molecule has 2 aromatic heterocycles. The Morgan fingerprint density at radius 1 is 1.21 bits per heavy atom. The lowest BCUT2D eigenvalue weighted by molar-refractivity contribution is -0.127.